The van der Waals surface area contributed by atoms with E-state index >= 15 is 0 Å². The van der Waals surface area contributed by atoms with Crippen LogP contribution in [0.15, 0.2) is 218 Å². The molecule has 0 spiro atoms. The van der Waals surface area contributed by atoms with Crippen molar-refractivity contribution in [2.75, 3.05) is 23.9 Å². The molecule has 98 heavy (non-hydrogen) atoms. The van der Waals surface area contributed by atoms with Crippen LogP contribution in [-0.4, -0.2) is 71.2 Å². The molecule has 0 bridgehead atoms. The van der Waals surface area contributed by atoms with Crippen molar-refractivity contribution in [3.05, 3.63) is 296 Å². The summed E-state index contributed by atoms with van der Waals surface area (Å²) in [6.45, 7) is 20.8. The number of amides is 8. The third-order valence-corrected chi connectivity index (χ3v) is 16.8. The van der Waals surface area contributed by atoms with Crippen molar-refractivity contribution in [3.63, 3.8) is 0 Å². The summed E-state index contributed by atoms with van der Waals surface area (Å²) in [6, 6.07) is 65.6. The Hall–Kier alpha value is -12.0. The van der Waals surface area contributed by atoms with Crippen LogP contribution in [0, 0.1) is 27.7 Å². The number of imide groups is 4. The zero-order valence-corrected chi connectivity index (χ0v) is 56.5. The molecule has 4 heterocycles. The lowest BCUT2D eigenvalue weighted by Gasteiger charge is -2.19. The van der Waals surface area contributed by atoms with Crippen LogP contribution >= 0.6 is 0 Å². The standard InChI is InChI=1S/2C22H17NO3.2C19H19NO3/c1-14-3-7-16(8-4-14)23-21(24)19-12-11-18(13-20(19)22(23)25)26-17-9-5-15(2)6-10-17;1-14-6-8-17(9-7-14)26-18-10-11-19-20(13-18)22(25)23(21(19)24)16-5-3-4-15(2)12-16;2*1-19(2,3)12-5-7-13(8-6-12)23-14-9-10-15-16(11-14)18(22)20(4)17(15)21/h2*3-13H,1-2H3;2*5-11H,1-4H3. The quantitative estimate of drug-likeness (QED) is 0.118. The fourth-order valence-corrected chi connectivity index (χ4v) is 11.1. The SMILES string of the molecule is CN1C(=O)c2ccc(Oc3ccc(C(C)(C)C)cc3)cc2C1=O.CN1C(=O)c2ccc(Oc3ccc(C(C)(C)C)cc3)cc2C1=O.Cc1ccc(Oc2ccc3c(c2)C(=O)N(c2ccc(C)cc2)C3=O)cc1.Cc1ccc(Oc2ccc3c(c2)C(=O)N(c2cccc(C)c2)C3=O)cc1. The Bertz CT molecular complexity index is 4680. The van der Waals surface area contributed by atoms with Gasteiger partial charge >= 0.3 is 0 Å². The first kappa shape index (κ1) is 67.4. The van der Waals surface area contributed by atoms with Crippen LogP contribution in [0.1, 0.15) is 158 Å². The monoisotopic (exact) mass is 1300 g/mol. The minimum atomic E-state index is -0.330. The van der Waals surface area contributed by atoms with E-state index in [1.807, 2.05) is 155 Å². The number of ether oxygens (including phenoxy) is 4. The minimum Gasteiger partial charge on any atom is -0.457 e. The van der Waals surface area contributed by atoms with E-state index in [-0.39, 0.29) is 58.1 Å². The zero-order valence-electron chi connectivity index (χ0n) is 56.5. The third kappa shape index (κ3) is 14.5. The van der Waals surface area contributed by atoms with E-state index in [0.29, 0.717) is 102 Å². The van der Waals surface area contributed by atoms with Crippen molar-refractivity contribution >= 4 is 58.6 Å². The Morgan fingerprint density at radius 1 is 0.245 bits per heavy atom. The topological polar surface area (TPSA) is 186 Å². The van der Waals surface area contributed by atoms with E-state index < -0.39 is 0 Å². The van der Waals surface area contributed by atoms with Crippen LogP contribution in [0.4, 0.5) is 11.4 Å². The van der Waals surface area contributed by atoms with Gasteiger partial charge in [-0.15, -0.1) is 0 Å². The number of carbonyl (C=O) groups is 8. The molecule has 4 aliphatic rings. The van der Waals surface area contributed by atoms with Gasteiger partial charge in [0.2, 0.25) is 0 Å². The fraction of sp³-hybridized carbons (Fsp3) is 0.171. The largest absolute Gasteiger partial charge is 0.457 e. The number of fused-ring (bicyclic) bond motifs is 4. The van der Waals surface area contributed by atoms with Crippen molar-refractivity contribution in [2.24, 2.45) is 0 Å². The van der Waals surface area contributed by atoms with Gasteiger partial charge in [-0.25, -0.2) is 9.80 Å². The van der Waals surface area contributed by atoms with Crippen molar-refractivity contribution < 1.29 is 57.3 Å². The highest BCUT2D eigenvalue weighted by Gasteiger charge is 2.39. The number of aryl methyl sites for hydroxylation is 4. The van der Waals surface area contributed by atoms with Crippen LogP contribution in [0.25, 0.3) is 0 Å². The van der Waals surface area contributed by atoms with Crippen molar-refractivity contribution in [1.82, 2.24) is 9.80 Å². The van der Waals surface area contributed by atoms with Crippen LogP contribution in [0.5, 0.6) is 46.0 Å². The summed E-state index contributed by atoms with van der Waals surface area (Å²) in [4.78, 5) is 103. The predicted molar refractivity (Wildman–Crippen MR) is 376 cm³/mol. The fourth-order valence-electron chi connectivity index (χ4n) is 11.1. The highest BCUT2D eigenvalue weighted by atomic mass is 16.5. The van der Waals surface area contributed by atoms with E-state index in [4.69, 9.17) is 18.9 Å². The number of hydrogen-bond donors (Lipinski definition) is 0. The van der Waals surface area contributed by atoms with Crippen LogP contribution < -0.4 is 28.7 Å². The zero-order chi connectivity index (χ0) is 70.1. The Morgan fingerprint density at radius 2 is 0.500 bits per heavy atom. The summed E-state index contributed by atoms with van der Waals surface area (Å²) in [5.74, 6) is 2.50. The second-order valence-electron chi connectivity index (χ2n) is 26.3. The molecule has 0 fully saturated rings. The first-order valence-corrected chi connectivity index (χ1v) is 31.8. The smallest absolute Gasteiger partial charge is 0.266 e. The van der Waals surface area contributed by atoms with Gasteiger partial charge in [-0.1, -0.05) is 131 Å². The van der Waals surface area contributed by atoms with Gasteiger partial charge in [-0.3, -0.25) is 48.2 Å². The molecule has 16 nitrogen and oxygen atoms in total. The van der Waals surface area contributed by atoms with E-state index in [0.717, 1.165) is 32.1 Å². The second-order valence-corrected chi connectivity index (χ2v) is 26.3. The molecule has 14 rings (SSSR count). The average Bonchev–Trinajstić information content (AvgIpc) is 1.65. The molecule has 8 amide bonds. The number of hydrogen-bond acceptors (Lipinski definition) is 12. The van der Waals surface area contributed by atoms with Crippen molar-refractivity contribution in [2.45, 2.75) is 80.1 Å². The van der Waals surface area contributed by atoms with Gasteiger partial charge in [0.25, 0.3) is 47.3 Å². The molecule has 0 radical (unpaired) electrons. The van der Waals surface area contributed by atoms with E-state index in [1.54, 1.807) is 91.0 Å². The van der Waals surface area contributed by atoms with E-state index in [2.05, 4.69) is 41.5 Å². The predicted octanol–water partition coefficient (Wildman–Crippen LogP) is 17.8. The molecule has 0 aromatic heterocycles. The Kier molecular flexibility index (Phi) is 18.8. The summed E-state index contributed by atoms with van der Waals surface area (Å²) in [6.07, 6.45) is 0. The highest BCUT2D eigenvalue weighted by molar-refractivity contribution is 6.35. The van der Waals surface area contributed by atoms with Gasteiger partial charge in [0.1, 0.15) is 46.0 Å². The average molecular weight is 1310 g/mol. The van der Waals surface area contributed by atoms with Gasteiger partial charge in [-0.2, -0.15) is 0 Å². The van der Waals surface area contributed by atoms with Gasteiger partial charge < -0.3 is 18.9 Å². The maximum absolute atomic E-state index is 12.8. The lowest BCUT2D eigenvalue weighted by molar-refractivity contribution is 0.0677. The van der Waals surface area contributed by atoms with Gasteiger partial charge in [-0.05, 0) is 201 Å². The molecular weight excluding hydrogens is 1230 g/mol. The van der Waals surface area contributed by atoms with Crippen LogP contribution in [-0.2, 0) is 10.8 Å². The third-order valence-electron chi connectivity index (χ3n) is 16.8. The lowest BCUT2D eigenvalue weighted by atomic mass is 9.87. The van der Waals surface area contributed by atoms with Gasteiger partial charge in [0, 0.05) is 14.1 Å². The lowest BCUT2D eigenvalue weighted by Crippen LogP contribution is -2.29. The van der Waals surface area contributed by atoms with Crippen molar-refractivity contribution in [1.29, 1.82) is 0 Å². The van der Waals surface area contributed by atoms with Crippen LogP contribution in [0.2, 0.25) is 0 Å². The molecule has 0 saturated heterocycles. The molecule has 0 aliphatic carbocycles. The number of carbonyl (C=O) groups excluding carboxylic acids is 8. The normalized spacial score (nSPS) is 13.6. The summed E-state index contributed by atoms with van der Waals surface area (Å²) in [7, 11) is 2.97. The van der Waals surface area contributed by atoms with E-state index in [9.17, 15) is 38.4 Å². The maximum Gasteiger partial charge on any atom is 0.266 e. The summed E-state index contributed by atoms with van der Waals surface area (Å²) >= 11 is 0. The number of anilines is 2. The second kappa shape index (κ2) is 27.4. The molecule has 16 heteroatoms. The highest BCUT2D eigenvalue weighted by Crippen LogP contribution is 2.37. The molecular formula is C82H72N4O12. The van der Waals surface area contributed by atoms with Gasteiger partial charge in [0.15, 0.2) is 0 Å². The van der Waals surface area contributed by atoms with Crippen molar-refractivity contribution in [3.8, 4) is 46.0 Å². The maximum atomic E-state index is 12.8. The minimum absolute atomic E-state index is 0.0868. The summed E-state index contributed by atoms with van der Waals surface area (Å²) < 4.78 is 23.3. The summed E-state index contributed by atoms with van der Waals surface area (Å²) in [5.41, 5.74) is 11.3. The number of benzene rings is 10. The molecule has 492 valence electrons. The number of rotatable bonds is 10. The Balaban J connectivity index is 0.000000132. The molecule has 0 atom stereocenters. The Labute approximate surface area is 569 Å². The summed E-state index contributed by atoms with van der Waals surface area (Å²) in [5, 5.41) is 0. The molecule has 4 aliphatic heterocycles. The van der Waals surface area contributed by atoms with Gasteiger partial charge in [0.05, 0.1) is 55.9 Å². The number of nitrogens with zero attached hydrogens (tertiary/aromatic N) is 4. The first-order chi connectivity index (χ1) is 46.6. The molecule has 0 unspecified atom stereocenters. The molecule has 0 saturated carbocycles. The first-order valence-electron chi connectivity index (χ1n) is 31.8. The van der Waals surface area contributed by atoms with Crippen LogP contribution in [0.3, 0.4) is 0 Å². The molecule has 10 aromatic rings. The Morgan fingerprint density at radius 3 is 0.816 bits per heavy atom. The molecule has 10 aromatic carbocycles. The van der Waals surface area contributed by atoms with E-state index in [1.165, 1.54) is 35.0 Å². The molecule has 0 N–H and O–H groups in total.